The minimum absolute atomic E-state index is 0.572. The van der Waals surface area contributed by atoms with Gasteiger partial charge < -0.3 is 9.47 Å². The SMILES string of the molecule is N#Cc1ccc(Oc2ccc3ccccc3c2-c2c(Oc3ccc(C#N)cc3)ccc3ccccc23)cc1. The van der Waals surface area contributed by atoms with E-state index in [1.165, 1.54) is 0 Å². The molecule has 0 aliphatic heterocycles. The van der Waals surface area contributed by atoms with Gasteiger partial charge in [0.15, 0.2) is 0 Å². The summed E-state index contributed by atoms with van der Waals surface area (Å²) in [6, 6.07) is 42.9. The average Bonchev–Trinajstić information content (AvgIpc) is 2.98. The number of nitriles is 2. The van der Waals surface area contributed by atoms with Crippen molar-refractivity contribution in [3.05, 3.63) is 132 Å². The Morgan fingerprint density at radius 1 is 0.421 bits per heavy atom. The molecule has 0 spiro atoms. The van der Waals surface area contributed by atoms with Crippen molar-refractivity contribution in [2.45, 2.75) is 0 Å². The standard InChI is InChI=1S/C34H20N2O2/c35-21-23-9-15-27(16-10-23)37-31-19-13-25-5-1-3-7-29(25)33(31)34-30-8-4-2-6-26(30)14-20-32(34)38-28-17-11-24(22-36)12-18-28/h1-20H. The molecule has 6 aromatic carbocycles. The molecule has 0 bridgehead atoms. The van der Waals surface area contributed by atoms with E-state index in [1.54, 1.807) is 48.5 Å². The maximum atomic E-state index is 9.19. The van der Waals surface area contributed by atoms with E-state index >= 15 is 0 Å². The molecule has 0 aliphatic rings. The molecule has 4 heteroatoms. The van der Waals surface area contributed by atoms with Crippen molar-refractivity contribution in [3.63, 3.8) is 0 Å². The van der Waals surface area contributed by atoms with E-state index in [9.17, 15) is 10.5 Å². The van der Waals surface area contributed by atoms with Gasteiger partial charge in [-0.3, -0.25) is 0 Å². The third kappa shape index (κ3) is 4.28. The first kappa shape index (κ1) is 22.9. The van der Waals surface area contributed by atoms with Crippen LogP contribution in [0.2, 0.25) is 0 Å². The van der Waals surface area contributed by atoms with Crippen LogP contribution in [0.1, 0.15) is 11.1 Å². The smallest absolute Gasteiger partial charge is 0.136 e. The molecule has 38 heavy (non-hydrogen) atoms. The molecule has 0 saturated carbocycles. The van der Waals surface area contributed by atoms with Crippen LogP contribution in [0.25, 0.3) is 32.7 Å². The first-order chi connectivity index (χ1) is 18.7. The largest absolute Gasteiger partial charge is 0.457 e. The van der Waals surface area contributed by atoms with Gasteiger partial charge in [0.25, 0.3) is 0 Å². The monoisotopic (exact) mass is 488 g/mol. The summed E-state index contributed by atoms with van der Waals surface area (Å²) in [4.78, 5) is 0. The molecule has 0 atom stereocenters. The second-order valence-electron chi connectivity index (χ2n) is 8.80. The Kier molecular flexibility index (Phi) is 5.91. The number of fused-ring (bicyclic) bond motifs is 2. The van der Waals surface area contributed by atoms with E-state index in [0.29, 0.717) is 34.1 Å². The molecule has 0 radical (unpaired) electrons. The van der Waals surface area contributed by atoms with Crippen molar-refractivity contribution in [3.8, 4) is 46.3 Å². The molecular formula is C34H20N2O2. The summed E-state index contributed by atoms with van der Waals surface area (Å²) >= 11 is 0. The second kappa shape index (κ2) is 9.82. The van der Waals surface area contributed by atoms with E-state index < -0.39 is 0 Å². The van der Waals surface area contributed by atoms with Gasteiger partial charge in [0, 0.05) is 11.1 Å². The molecule has 6 rings (SSSR count). The van der Waals surface area contributed by atoms with Gasteiger partial charge in [-0.15, -0.1) is 0 Å². The fraction of sp³-hybridized carbons (Fsp3) is 0. The number of rotatable bonds is 5. The lowest BCUT2D eigenvalue weighted by Crippen LogP contribution is -1.95. The minimum atomic E-state index is 0.572. The Labute approximate surface area is 220 Å². The van der Waals surface area contributed by atoms with Gasteiger partial charge in [-0.2, -0.15) is 10.5 Å². The van der Waals surface area contributed by atoms with Gasteiger partial charge in [0.05, 0.1) is 23.3 Å². The van der Waals surface area contributed by atoms with E-state index in [4.69, 9.17) is 9.47 Å². The number of benzene rings is 6. The molecule has 4 nitrogen and oxygen atoms in total. The maximum Gasteiger partial charge on any atom is 0.136 e. The normalized spacial score (nSPS) is 10.6. The zero-order valence-electron chi connectivity index (χ0n) is 20.3. The zero-order chi connectivity index (χ0) is 25.9. The highest BCUT2D eigenvalue weighted by molar-refractivity contribution is 6.09. The first-order valence-electron chi connectivity index (χ1n) is 12.1. The summed E-state index contributed by atoms with van der Waals surface area (Å²) in [6.45, 7) is 0. The second-order valence-corrected chi connectivity index (χ2v) is 8.80. The van der Waals surface area contributed by atoms with Crippen LogP contribution in [-0.4, -0.2) is 0 Å². The van der Waals surface area contributed by atoms with Crippen LogP contribution in [-0.2, 0) is 0 Å². The Hall–Kier alpha value is -5.58. The molecule has 0 heterocycles. The van der Waals surface area contributed by atoms with Crippen molar-refractivity contribution in [2.24, 2.45) is 0 Å². The summed E-state index contributed by atoms with van der Waals surface area (Å²) in [6.07, 6.45) is 0. The summed E-state index contributed by atoms with van der Waals surface area (Å²) < 4.78 is 12.9. The number of ether oxygens (including phenoxy) is 2. The van der Waals surface area contributed by atoms with Gasteiger partial charge in [0.1, 0.15) is 23.0 Å². The molecule has 0 unspecified atom stereocenters. The third-order valence-corrected chi connectivity index (χ3v) is 6.45. The molecule has 0 aliphatic carbocycles. The highest BCUT2D eigenvalue weighted by Crippen LogP contribution is 2.47. The van der Waals surface area contributed by atoms with Crippen LogP contribution >= 0.6 is 0 Å². The lowest BCUT2D eigenvalue weighted by molar-refractivity contribution is 0.478. The molecule has 0 N–H and O–H groups in total. The Morgan fingerprint density at radius 3 is 1.21 bits per heavy atom. The highest BCUT2D eigenvalue weighted by atomic mass is 16.5. The molecule has 0 aromatic heterocycles. The van der Waals surface area contributed by atoms with Crippen LogP contribution in [0.3, 0.4) is 0 Å². The quantitative estimate of drug-likeness (QED) is 0.243. The molecule has 178 valence electrons. The first-order valence-corrected chi connectivity index (χ1v) is 12.1. The highest BCUT2D eigenvalue weighted by Gasteiger charge is 2.20. The average molecular weight is 489 g/mol. The van der Waals surface area contributed by atoms with Crippen LogP contribution in [0.15, 0.2) is 121 Å². The molecule has 6 aromatic rings. The fourth-order valence-corrected chi connectivity index (χ4v) is 4.64. The van der Waals surface area contributed by atoms with Crippen LogP contribution in [0.5, 0.6) is 23.0 Å². The van der Waals surface area contributed by atoms with E-state index in [0.717, 1.165) is 32.7 Å². The van der Waals surface area contributed by atoms with Crippen molar-refractivity contribution in [2.75, 3.05) is 0 Å². The van der Waals surface area contributed by atoms with Crippen molar-refractivity contribution < 1.29 is 9.47 Å². The van der Waals surface area contributed by atoms with Crippen molar-refractivity contribution >= 4 is 21.5 Å². The lowest BCUT2D eigenvalue weighted by Gasteiger charge is -2.19. The van der Waals surface area contributed by atoms with Crippen LogP contribution in [0.4, 0.5) is 0 Å². The molecule has 0 saturated heterocycles. The van der Waals surface area contributed by atoms with Gasteiger partial charge >= 0.3 is 0 Å². The number of hydrogen-bond donors (Lipinski definition) is 0. The van der Waals surface area contributed by atoms with Crippen molar-refractivity contribution in [1.29, 1.82) is 10.5 Å². The van der Waals surface area contributed by atoms with Gasteiger partial charge in [-0.1, -0.05) is 60.7 Å². The summed E-state index contributed by atoms with van der Waals surface area (Å²) in [5.74, 6) is 2.62. The molecular weight excluding hydrogens is 468 g/mol. The van der Waals surface area contributed by atoms with Gasteiger partial charge in [-0.05, 0) is 82.2 Å². The van der Waals surface area contributed by atoms with Crippen LogP contribution < -0.4 is 9.47 Å². The summed E-state index contributed by atoms with van der Waals surface area (Å²) in [5.41, 5.74) is 2.97. The Morgan fingerprint density at radius 2 is 0.816 bits per heavy atom. The van der Waals surface area contributed by atoms with E-state index in [1.807, 2.05) is 48.5 Å². The molecule has 0 fully saturated rings. The number of nitrogens with zero attached hydrogens (tertiary/aromatic N) is 2. The fourth-order valence-electron chi connectivity index (χ4n) is 4.64. The van der Waals surface area contributed by atoms with E-state index in [-0.39, 0.29) is 0 Å². The predicted octanol–water partition coefficient (Wildman–Crippen LogP) is 8.99. The Balaban J connectivity index is 1.60. The van der Waals surface area contributed by atoms with Gasteiger partial charge in [0.2, 0.25) is 0 Å². The van der Waals surface area contributed by atoms with Crippen LogP contribution in [0, 0.1) is 22.7 Å². The lowest BCUT2D eigenvalue weighted by atomic mass is 9.92. The topological polar surface area (TPSA) is 66.0 Å². The van der Waals surface area contributed by atoms with Crippen molar-refractivity contribution in [1.82, 2.24) is 0 Å². The Bertz CT molecular complexity index is 1740. The summed E-state index contributed by atoms with van der Waals surface area (Å²) in [7, 11) is 0. The maximum absolute atomic E-state index is 9.19. The third-order valence-electron chi connectivity index (χ3n) is 6.45. The summed E-state index contributed by atoms with van der Waals surface area (Å²) in [5, 5.41) is 22.6. The predicted molar refractivity (Wildman–Crippen MR) is 149 cm³/mol. The zero-order valence-corrected chi connectivity index (χ0v) is 20.3. The molecule has 0 amide bonds. The minimum Gasteiger partial charge on any atom is -0.457 e. The number of hydrogen-bond acceptors (Lipinski definition) is 4. The van der Waals surface area contributed by atoms with E-state index in [2.05, 4.69) is 36.4 Å². The van der Waals surface area contributed by atoms with Gasteiger partial charge in [-0.25, -0.2) is 0 Å².